The largest absolute Gasteiger partial charge is 0.497 e. The molecule has 0 fully saturated rings. The Labute approximate surface area is 137 Å². The number of anilines is 1. The molecule has 8 heteroatoms. The van der Waals surface area contributed by atoms with E-state index >= 15 is 0 Å². The lowest BCUT2D eigenvalue weighted by atomic mass is 10.1. The molecule has 5 nitrogen and oxygen atoms in total. The second-order valence-corrected chi connectivity index (χ2v) is 5.47. The third-order valence-corrected chi connectivity index (χ3v) is 3.50. The zero-order valence-corrected chi connectivity index (χ0v) is 13.5. The van der Waals surface area contributed by atoms with E-state index in [0.29, 0.717) is 17.1 Å². The molecule has 2 aromatic rings. The first-order valence-corrected chi connectivity index (χ1v) is 7.27. The lowest BCUT2D eigenvalue weighted by Gasteiger charge is -2.14. The zero-order valence-electron chi connectivity index (χ0n) is 13.5. The summed E-state index contributed by atoms with van der Waals surface area (Å²) in [6, 6.07) is 7.80. The molecule has 1 aromatic carbocycles. The minimum atomic E-state index is -4.50. The minimum Gasteiger partial charge on any atom is -0.497 e. The van der Waals surface area contributed by atoms with Crippen LogP contribution in [0.25, 0.3) is 0 Å². The number of nitrogens with zero attached hydrogens (tertiary/aromatic N) is 2. The van der Waals surface area contributed by atoms with Crippen molar-refractivity contribution in [1.29, 1.82) is 0 Å². The molecule has 0 saturated carbocycles. The van der Waals surface area contributed by atoms with Gasteiger partial charge in [-0.15, -0.1) is 0 Å². The number of benzene rings is 1. The number of rotatable bonds is 5. The predicted molar refractivity (Wildman–Crippen MR) is 82.8 cm³/mol. The summed E-state index contributed by atoms with van der Waals surface area (Å²) >= 11 is 0. The number of ether oxygens (including phenoxy) is 1. The summed E-state index contributed by atoms with van der Waals surface area (Å²) in [5.41, 5.74) is -0.0527. The topological polar surface area (TPSA) is 56.1 Å². The van der Waals surface area contributed by atoms with E-state index in [1.807, 2.05) is 0 Å². The summed E-state index contributed by atoms with van der Waals surface area (Å²) in [5, 5.41) is 6.24. The van der Waals surface area contributed by atoms with Gasteiger partial charge in [0.25, 0.3) is 0 Å². The highest BCUT2D eigenvalue weighted by Crippen LogP contribution is 2.28. The molecule has 0 aliphatic rings. The van der Waals surface area contributed by atoms with Crippen molar-refractivity contribution >= 4 is 11.6 Å². The van der Waals surface area contributed by atoms with Crippen LogP contribution in [-0.2, 0) is 17.5 Å². The van der Waals surface area contributed by atoms with Gasteiger partial charge in [0.15, 0.2) is 5.69 Å². The monoisotopic (exact) mass is 341 g/mol. The normalized spacial score (nSPS) is 12.8. The van der Waals surface area contributed by atoms with Crippen LogP contribution in [0, 0.1) is 12.8 Å². The van der Waals surface area contributed by atoms with Gasteiger partial charge < -0.3 is 10.1 Å². The lowest BCUT2D eigenvalue weighted by molar-refractivity contribution is -0.141. The van der Waals surface area contributed by atoms with Crippen LogP contribution in [0.4, 0.5) is 18.9 Å². The number of nitrogens with one attached hydrogen (secondary N) is 1. The Bertz CT molecular complexity index is 726. The van der Waals surface area contributed by atoms with E-state index in [0.717, 1.165) is 6.07 Å². The maximum atomic E-state index is 12.7. The third-order valence-electron chi connectivity index (χ3n) is 3.50. The smallest absolute Gasteiger partial charge is 0.435 e. The molecule has 130 valence electrons. The van der Waals surface area contributed by atoms with Crippen molar-refractivity contribution in [1.82, 2.24) is 9.78 Å². The Hall–Kier alpha value is -2.51. The Morgan fingerprint density at radius 2 is 2.08 bits per heavy atom. The van der Waals surface area contributed by atoms with Crippen LogP contribution in [0.5, 0.6) is 5.75 Å². The van der Waals surface area contributed by atoms with Gasteiger partial charge in [0.1, 0.15) is 5.75 Å². The van der Waals surface area contributed by atoms with E-state index < -0.39 is 17.8 Å². The molecule has 1 N–H and O–H groups in total. The first-order chi connectivity index (χ1) is 11.2. The van der Waals surface area contributed by atoms with E-state index in [4.69, 9.17) is 4.74 Å². The summed E-state index contributed by atoms with van der Waals surface area (Å²) in [5.74, 6) is -0.277. The molecule has 1 heterocycles. The number of carbonyl (C=O) groups excluding carboxylic acids is 1. The van der Waals surface area contributed by atoms with Gasteiger partial charge in [-0.1, -0.05) is 13.0 Å². The van der Waals surface area contributed by atoms with Gasteiger partial charge in [-0.05, 0) is 25.1 Å². The van der Waals surface area contributed by atoms with Gasteiger partial charge >= 0.3 is 6.18 Å². The number of hydrogen-bond donors (Lipinski definition) is 1. The van der Waals surface area contributed by atoms with Gasteiger partial charge in [-0.3, -0.25) is 9.48 Å². The van der Waals surface area contributed by atoms with E-state index in [2.05, 4.69) is 10.4 Å². The second kappa shape index (κ2) is 6.94. The Balaban J connectivity index is 2.05. The van der Waals surface area contributed by atoms with Crippen LogP contribution in [0.2, 0.25) is 0 Å². The van der Waals surface area contributed by atoms with Crippen molar-refractivity contribution < 1.29 is 22.7 Å². The van der Waals surface area contributed by atoms with Crippen molar-refractivity contribution in [2.75, 3.05) is 12.4 Å². The number of alkyl halides is 3. The van der Waals surface area contributed by atoms with Crippen molar-refractivity contribution in [2.24, 2.45) is 5.92 Å². The van der Waals surface area contributed by atoms with Gasteiger partial charge in [0, 0.05) is 17.4 Å². The Morgan fingerprint density at radius 1 is 1.38 bits per heavy atom. The maximum absolute atomic E-state index is 12.7. The Morgan fingerprint density at radius 3 is 2.67 bits per heavy atom. The first-order valence-electron chi connectivity index (χ1n) is 7.27. The highest BCUT2D eigenvalue weighted by Gasteiger charge is 2.34. The van der Waals surface area contributed by atoms with E-state index in [1.54, 1.807) is 31.2 Å². The van der Waals surface area contributed by atoms with E-state index in [1.165, 1.54) is 18.7 Å². The number of halogens is 3. The predicted octanol–water partition coefficient (Wildman–Crippen LogP) is 3.49. The van der Waals surface area contributed by atoms with Gasteiger partial charge in [-0.25, -0.2) is 0 Å². The standard InChI is InChI=1S/C16H18F3N3O2/c1-10(9-22-11(2)7-14(21-22)16(17,18)19)15(23)20-12-5-4-6-13(8-12)24-3/h4-8,10H,9H2,1-3H3,(H,20,23)/t10-/m1/s1. The molecule has 0 aliphatic heterocycles. The second-order valence-electron chi connectivity index (χ2n) is 5.47. The van der Waals surface area contributed by atoms with E-state index in [-0.39, 0.29) is 12.5 Å². The summed E-state index contributed by atoms with van der Waals surface area (Å²) in [6.07, 6.45) is -4.50. The first kappa shape index (κ1) is 17.8. The molecular formula is C16H18F3N3O2. The molecule has 0 radical (unpaired) electrons. The van der Waals surface area contributed by atoms with Crippen LogP contribution >= 0.6 is 0 Å². The number of methoxy groups -OCH3 is 1. The zero-order chi connectivity index (χ0) is 17.9. The average molecular weight is 341 g/mol. The lowest BCUT2D eigenvalue weighted by Crippen LogP contribution is -2.25. The molecule has 0 aliphatic carbocycles. The van der Waals surface area contributed by atoms with Gasteiger partial charge in [0.2, 0.25) is 5.91 Å². The van der Waals surface area contributed by atoms with Crippen LogP contribution in [0.3, 0.4) is 0 Å². The van der Waals surface area contributed by atoms with Crippen molar-refractivity contribution in [3.8, 4) is 5.75 Å². The molecule has 1 atom stereocenters. The number of carbonyl (C=O) groups is 1. The summed E-state index contributed by atoms with van der Waals surface area (Å²) < 4.78 is 44.3. The van der Waals surface area contributed by atoms with Crippen LogP contribution in [0.15, 0.2) is 30.3 Å². The van der Waals surface area contributed by atoms with Crippen LogP contribution < -0.4 is 10.1 Å². The SMILES string of the molecule is COc1cccc(NC(=O)[C@H](C)Cn2nc(C(F)(F)F)cc2C)c1. The molecular weight excluding hydrogens is 323 g/mol. The fraction of sp³-hybridized carbons (Fsp3) is 0.375. The number of aryl methyl sites for hydroxylation is 1. The van der Waals surface area contributed by atoms with Crippen molar-refractivity contribution in [3.05, 3.63) is 41.7 Å². The van der Waals surface area contributed by atoms with Crippen molar-refractivity contribution in [3.63, 3.8) is 0 Å². The van der Waals surface area contributed by atoms with E-state index in [9.17, 15) is 18.0 Å². The maximum Gasteiger partial charge on any atom is 0.435 e. The number of amides is 1. The highest BCUT2D eigenvalue weighted by atomic mass is 19.4. The summed E-state index contributed by atoms with van der Waals surface area (Å²) in [6.45, 7) is 3.20. The molecule has 2 rings (SSSR count). The average Bonchev–Trinajstić information content (AvgIpc) is 2.88. The molecule has 0 spiro atoms. The molecule has 0 unspecified atom stereocenters. The van der Waals surface area contributed by atoms with Gasteiger partial charge in [-0.2, -0.15) is 18.3 Å². The molecule has 1 aromatic heterocycles. The molecule has 0 bridgehead atoms. The minimum absolute atomic E-state index is 0.0533. The summed E-state index contributed by atoms with van der Waals surface area (Å²) in [4.78, 5) is 12.2. The Kier molecular flexibility index (Phi) is 5.16. The molecule has 0 saturated heterocycles. The quantitative estimate of drug-likeness (QED) is 0.906. The third kappa shape index (κ3) is 4.27. The number of hydrogen-bond acceptors (Lipinski definition) is 3. The molecule has 1 amide bonds. The van der Waals surface area contributed by atoms with Crippen molar-refractivity contribution in [2.45, 2.75) is 26.6 Å². The van der Waals surface area contributed by atoms with Crippen LogP contribution in [0.1, 0.15) is 18.3 Å². The fourth-order valence-corrected chi connectivity index (χ4v) is 2.14. The highest BCUT2D eigenvalue weighted by molar-refractivity contribution is 5.92. The van der Waals surface area contributed by atoms with Gasteiger partial charge in [0.05, 0.1) is 19.6 Å². The fourth-order valence-electron chi connectivity index (χ4n) is 2.14. The molecule has 24 heavy (non-hydrogen) atoms. The number of aromatic nitrogens is 2. The summed E-state index contributed by atoms with van der Waals surface area (Å²) in [7, 11) is 1.52. The van der Waals surface area contributed by atoms with Crippen LogP contribution in [-0.4, -0.2) is 22.8 Å².